The highest BCUT2D eigenvalue weighted by atomic mass is 35.5. The maximum absolute atomic E-state index is 12.5. The van der Waals surface area contributed by atoms with E-state index in [1.165, 1.54) is 5.56 Å². The van der Waals surface area contributed by atoms with Crippen molar-refractivity contribution in [2.45, 2.75) is 20.4 Å². The summed E-state index contributed by atoms with van der Waals surface area (Å²) in [6.45, 7) is 8.27. The zero-order valence-corrected chi connectivity index (χ0v) is 20.2. The normalized spacial score (nSPS) is 14.7. The SMILES string of the molecule is Cc1cc(C=NNC(=O)c2ccc(CN3CCOCC3)cc2)c(C)n1-c1ccc(Cl)c(Cl)c1. The monoisotopic (exact) mass is 484 g/mol. The van der Waals surface area contributed by atoms with Crippen LogP contribution in [0, 0.1) is 13.8 Å². The maximum Gasteiger partial charge on any atom is 0.271 e. The molecule has 2 heterocycles. The number of amides is 1. The number of hydrogen-bond acceptors (Lipinski definition) is 4. The third-order valence-electron chi connectivity index (χ3n) is 5.73. The van der Waals surface area contributed by atoms with Gasteiger partial charge in [-0.1, -0.05) is 35.3 Å². The second-order valence-corrected chi connectivity index (χ2v) is 8.86. The van der Waals surface area contributed by atoms with E-state index < -0.39 is 0 Å². The molecule has 0 spiro atoms. The molecule has 1 aromatic heterocycles. The second kappa shape index (κ2) is 10.5. The van der Waals surface area contributed by atoms with Crippen LogP contribution in [0.15, 0.2) is 53.6 Å². The van der Waals surface area contributed by atoms with Crippen LogP contribution in [-0.4, -0.2) is 47.9 Å². The molecular formula is C25H26Cl2N4O2. The van der Waals surface area contributed by atoms with Gasteiger partial charge in [-0.25, -0.2) is 5.43 Å². The Morgan fingerprint density at radius 3 is 2.48 bits per heavy atom. The Morgan fingerprint density at radius 1 is 1.06 bits per heavy atom. The number of aromatic nitrogens is 1. The Kier molecular flexibility index (Phi) is 7.50. The van der Waals surface area contributed by atoms with E-state index in [4.69, 9.17) is 27.9 Å². The molecule has 1 saturated heterocycles. The summed E-state index contributed by atoms with van der Waals surface area (Å²) in [5, 5.41) is 5.18. The average Bonchev–Trinajstić information content (AvgIpc) is 3.10. The van der Waals surface area contributed by atoms with Crippen LogP contribution in [0.2, 0.25) is 10.0 Å². The number of morpholine rings is 1. The minimum atomic E-state index is -0.248. The number of nitrogens with one attached hydrogen (secondary N) is 1. The van der Waals surface area contributed by atoms with E-state index in [1.807, 2.05) is 56.3 Å². The fourth-order valence-corrected chi connectivity index (χ4v) is 4.24. The predicted molar refractivity (Wildman–Crippen MR) is 133 cm³/mol. The van der Waals surface area contributed by atoms with Gasteiger partial charge in [0.25, 0.3) is 5.91 Å². The van der Waals surface area contributed by atoms with E-state index in [0.29, 0.717) is 15.6 Å². The Morgan fingerprint density at radius 2 is 1.79 bits per heavy atom. The quantitative estimate of drug-likeness (QED) is 0.395. The van der Waals surface area contributed by atoms with Crippen molar-refractivity contribution in [1.82, 2.24) is 14.9 Å². The molecule has 0 unspecified atom stereocenters. The standard InChI is InChI=1S/C25H26Cl2N4O2/c1-17-13-21(18(2)31(17)22-7-8-23(26)24(27)14-22)15-28-29-25(32)20-5-3-19(4-6-20)16-30-9-11-33-12-10-30/h3-8,13-15H,9-12,16H2,1-2H3,(H,29,32). The van der Waals surface area contributed by atoms with Gasteiger partial charge in [-0.3, -0.25) is 9.69 Å². The number of halogens is 2. The molecule has 1 fully saturated rings. The Hall–Kier alpha value is -2.64. The molecular weight excluding hydrogens is 459 g/mol. The lowest BCUT2D eigenvalue weighted by Gasteiger charge is -2.26. The van der Waals surface area contributed by atoms with E-state index >= 15 is 0 Å². The molecule has 0 radical (unpaired) electrons. The van der Waals surface area contributed by atoms with Gasteiger partial charge in [0.2, 0.25) is 0 Å². The summed E-state index contributed by atoms with van der Waals surface area (Å²) >= 11 is 12.2. The molecule has 3 aromatic rings. The van der Waals surface area contributed by atoms with Crippen molar-refractivity contribution in [1.29, 1.82) is 0 Å². The van der Waals surface area contributed by atoms with Gasteiger partial charge in [-0.2, -0.15) is 5.10 Å². The van der Waals surface area contributed by atoms with E-state index in [2.05, 4.69) is 20.0 Å². The number of carbonyl (C=O) groups excluding carboxylic acids is 1. The number of hydrazone groups is 1. The summed E-state index contributed by atoms with van der Waals surface area (Å²) in [7, 11) is 0. The highest BCUT2D eigenvalue weighted by molar-refractivity contribution is 6.42. The topological polar surface area (TPSA) is 58.9 Å². The van der Waals surface area contributed by atoms with Crippen molar-refractivity contribution in [3.05, 3.63) is 86.7 Å². The molecule has 4 rings (SSSR count). The van der Waals surface area contributed by atoms with Gasteiger partial charge in [0.15, 0.2) is 0 Å². The maximum atomic E-state index is 12.5. The minimum absolute atomic E-state index is 0.248. The lowest BCUT2D eigenvalue weighted by atomic mass is 10.1. The molecule has 0 aliphatic carbocycles. The van der Waals surface area contributed by atoms with Crippen molar-refractivity contribution >= 4 is 35.3 Å². The van der Waals surface area contributed by atoms with Crippen LogP contribution in [0.5, 0.6) is 0 Å². The van der Waals surface area contributed by atoms with E-state index in [9.17, 15) is 4.79 Å². The number of nitrogens with zero attached hydrogens (tertiary/aromatic N) is 3. The van der Waals surface area contributed by atoms with Gasteiger partial charge >= 0.3 is 0 Å². The van der Waals surface area contributed by atoms with Crippen LogP contribution in [0.1, 0.15) is 32.9 Å². The third-order valence-corrected chi connectivity index (χ3v) is 6.47. The fourth-order valence-electron chi connectivity index (χ4n) is 3.94. The number of carbonyl (C=O) groups is 1. The molecule has 1 aliphatic rings. The molecule has 33 heavy (non-hydrogen) atoms. The molecule has 172 valence electrons. The highest BCUT2D eigenvalue weighted by Crippen LogP contribution is 2.27. The summed E-state index contributed by atoms with van der Waals surface area (Å²) in [4.78, 5) is 14.8. The lowest BCUT2D eigenvalue weighted by molar-refractivity contribution is 0.0342. The predicted octanol–water partition coefficient (Wildman–Crippen LogP) is 5.00. The van der Waals surface area contributed by atoms with E-state index in [-0.39, 0.29) is 5.91 Å². The number of rotatable bonds is 6. The zero-order chi connectivity index (χ0) is 23.4. The van der Waals surface area contributed by atoms with Gasteiger partial charge in [-0.15, -0.1) is 0 Å². The van der Waals surface area contributed by atoms with Crippen molar-refractivity contribution < 1.29 is 9.53 Å². The number of ether oxygens (including phenoxy) is 1. The molecule has 6 nitrogen and oxygen atoms in total. The first kappa shape index (κ1) is 23.5. The molecule has 0 atom stereocenters. The first-order chi connectivity index (χ1) is 15.9. The van der Waals surface area contributed by atoms with Crippen LogP contribution in [-0.2, 0) is 11.3 Å². The number of hydrogen-bond donors (Lipinski definition) is 1. The lowest BCUT2D eigenvalue weighted by Crippen LogP contribution is -2.35. The largest absolute Gasteiger partial charge is 0.379 e. The van der Waals surface area contributed by atoms with Crippen LogP contribution >= 0.6 is 23.2 Å². The minimum Gasteiger partial charge on any atom is -0.379 e. The van der Waals surface area contributed by atoms with Gasteiger partial charge < -0.3 is 9.30 Å². The Balaban J connectivity index is 1.39. The van der Waals surface area contributed by atoms with E-state index in [0.717, 1.165) is 55.5 Å². The summed E-state index contributed by atoms with van der Waals surface area (Å²) in [5.41, 5.74) is 8.18. The fraction of sp³-hybridized carbons (Fsp3) is 0.280. The van der Waals surface area contributed by atoms with Crippen molar-refractivity contribution in [3.63, 3.8) is 0 Å². The number of benzene rings is 2. The molecule has 0 bridgehead atoms. The molecule has 0 saturated carbocycles. The first-order valence-electron chi connectivity index (χ1n) is 10.8. The highest BCUT2D eigenvalue weighted by Gasteiger charge is 2.13. The van der Waals surface area contributed by atoms with Crippen molar-refractivity contribution in [2.75, 3.05) is 26.3 Å². The first-order valence-corrected chi connectivity index (χ1v) is 11.5. The molecule has 1 N–H and O–H groups in total. The Bertz CT molecular complexity index is 1170. The van der Waals surface area contributed by atoms with Crippen LogP contribution in [0.25, 0.3) is 5.69 Å². The smallest absolute Gasteiger partial charge is 0.271 e. The molecule has 1 aliphatic heterocycles. The van der Waals surface area contributed by atoms with Crippen molar-refractivity contribution in [2.24, 2.45) is 5.10 Å². The third kappa shape index (κ3) is 5.65. The molecule has 2 aromatic carbocycles. The summed E-state index contributed by atoms with van der Waals surface area (Å²) < 4.78 is 7.45. The van der Waals surface area contributed by atoms with Gasteiger partial charge in [0, 0.05) is 47.8 Å². The second-order valence-electron chi connectivity index (χ2n) is 8.04. The Labute approximate surface area is 203 Å². The van der Waals surface area contributed by atoms with E-state index in [1.54, 1.807) is 12.3 Å². The van der Waals surface area contributed by atoms with Crippen LogP contribution < -0.4 is 5.43 Å². The number of aryl methyl sites for hydroxylation is 1. The van der Waals surface area contributed by atoms with Gasteiger partial charge in [0.05, 0.1) is 29.5 Å². The zero-order valence-electron chi connectivity index (χ0n) is 18.6. The van der Waals surface area contributed by atoms with Gasteiger partial charge in [-0.05, 0) is 55.8 Å². The molecule has 1 amide bonds. The van der Waals surface area contributed by atoms with Crippen LogP contribution in [0.3, 0.4) is 0 Å². The van der Waals surface area contributed by atoms with Crippen molar-refractivity contribution in [3.8, 4) is 5.69 Å². The average molecular weight is 485 g/mol. The molecule has 8 heteroatoms. The summed E-state index contributed by atoms with van der Waals surface area (Å²) in [5.74, 6) is -0.248. The summed E-state index contributed by atoms with van der Waals surface area (Å²) in [6.07, 6.45) is 1.65. The van der Waals surface area contributed by atoms with Crippen LogP contribution in [0.4, 0.5) is 0 Å². The summed E-state index contributed by atoms with van der Waals surface area (Å²) in [6, 6.07) is 15.2. The van der Waals surface area contributed by atoms with Gasteiger partial charge in [0.1, 0.15) is 0 Å².